The van der Waals surface area contributed by atoms with Gasteiger partial charge in [0.05, 0.1) is 7.11 Å². The first-order valence-electron chi connectivity index (χ1n) is 5.42. The van der Waals surface area contributed by atoms with Crippen molar-refractivity contribution in [3.63, 3.8) is 0 Å². The molecule has 0 fully saturated rings. The van der Waals surface area contributed by atoms with Crippen LogP contribution in [0.1, 0.15) is 6.92 Å². The number of ether oxygens (including phenoxy) is 1. The maximum Gasteiger partial charge on any atom is 0.499 e. The highest BCUT2D eigenvalue weighted by Crippen LogP contribution is 2.10. The van der Waals surface area contributed by atoms with Crippen molar-refractivity contribution in [2.45, 2.75) is 13.0 Å². The summed E-state index contributed by atoms with van der Waals surface area (Å²) in [5.41, 5.74) is 0. The van der Waals surface area contributed by atoms with Gasteiger partial charge in [-0.2, -0.15) is 0 Å². The van der Waals surface area contributed by atoms with Gasteiger partial charge in [-0.25, -0.2) is 0 Å². The lowest BCUT2D eigenvalue weighted by molar-refractivity contribution is 0.125. The Balaban J connectivity index is 0.000000302. The van der Waals surface area contributed by atoms with Gasteiger partial charge in [0, 0.05) is 27.4 Å². The van der Waals surface area contributed by atoms with E-state index in [-0.39, 0.29) is 0 Å². The normalized spacial score (nSPS) is 10.4. The number of para-hydroxylation sites is 1. The van der Waals surface area contributed by atoms with Gasteiger partial charge in [-0.15, -0.1) is 0 Å². The molecule has 4 nitrogen and oxygen atoms in total. The van der Waals surface area contributed by atoms with Crippen molar-refractivity contribution in [1.29, 1.82) is 0 Å². The van der Waals surface area contributed by atoms with Gasteiger partial charge in [0.1, 0.15) is 5.75 Å². The fourth-order valence-electron chi connectivity index (χ4n) is 1.24. The summed E-state index contributed by atoms with van der Waals surface area (Å²) < 4.78 is 20.2. The highest BCUT2D eigenvalue weighted by molar-refractivity contribution is 6.60. The lowest BCUT2D eigenvalue weighted by atomic mass is 10.3. The molecule has 0 aliphatic rings. The monoisotopic (exact) mass is 258 g/mol. The molecule has 0 saturated heterocycles. The second-order valence-electron chi connectivity index (χ2n) is 3.17. The van der Waals surface area contributed by atoms with Crippen molar-refractivity contribution in [3.8, 4) is 5.75 Å². The summed E-state index contributed by atoms with van der Waals surface area (Å²) in [7, 11) is 4.31. The van der Waals surface area contributed by atoms with E-state index < -0.39 is 8.80 Å². The second kappa shape index (κ2) is 9.18. The fourth-order valence-corrected chi connectivity index (χ4v) is 2.61. The SMILES string of the molecule is CC[Si](OC)(OC)OC.COc1ccccc1. The fraction of sp³-hybridized carbons (Fsp3) is 0.500. The molecular formula is C12H22O4Si. The van der Waals surface area contributed by atoms with Crippen LogP contribution in [0.15, 0.2) is 30.3 Å². The van der Waals surface area contributed by atoms with E-state index in [1.54, 1.807) is 28.4 Å². The molecule has 5 heteroatoms. The maximum atomic E-state index is 5.08. The first-order valence-corrected chi connectivity index (χ1v) is 7.35. The Kier molecular flexibility index (Phi) is 8.70. The zero-order valence-electron chi connectivity index (χ0n) is 11.2. The number of benzene rings is 1. The van der Waals surface area contributed by atoms with Gasteiger partial charge in [-0.05, 0) is 12.1 Å². The standard InChI is InChI=1S/C7H8O.C5H14O3Si/c1-8-7-5-3-2-4-6-7;1-5-9(6-2,7-3)8-4/h2-6H,1H3;5H2,1-4H3. The molecule has 0 saturated carbocycles. The second-order valence-corrected chi connectivity index (χ2v) is 6.46. The van der Waals surface area contributed by atoms with Crippen LogP contribution in [0.25, 0.3) is 0 Å². The minimum atomic E-state index is -2.19. The smallest absolute Gasteiger partial charge is 0.497 e. The number of hydrogen-bond acceptors (Lipinski definition) is 4. The third-order valence-electron chi connectivity index (χ3n) is 2.34. The lowest BCUT2D eigenvalue weighted by Crippen LogP contribution is -2.41. The number of hydrogen-bond donors (Lipinski definition) is 0. The summed E-state index contributed by atoms with van der Waals surface area (Å²) in [4.78, 5) is 0. The van der Waals surface area contributed by atoms with Gasteiger partial charge in [-0.1, -0.05) is 25.1 Å². The molecule has 0 unspecified atom stereocenters. The zero-order valence-corrected chi connectivity index (χ0v) is 12.2. The van der Waals surface area contributed by atoms with E-state index in [1.807, 2.05) is 37.3 Å². The van der Waals surface area contributed by atoms with Crippen LogP contribution in [-0.4, -0.2) is 37.2 Å². The van der Waals surface area contributed by atoms with Gasteiger partial charge in [0.25, 0.3) is 0 Å². The summed E-state index contributed by atoms with van der Waals surface area (Å²) in [5.74, 6) is 0.910. The minimum Gasteiger partial charge on any atom is -0.497 e. The zero-order chi connectivity index (χ0) is 13.1. The van der Waals surface area contributed by atoms with E-state index in [9.17, 15) is 0 Å². The predicted octanol–water partition coefficient (Wildman–Crippen LogP) is 2.58. The van der Waals surface area contributed by atoms with Crippen molar-refractivity contribution in [1.82, 2.24) is 0 Å². The first-order chi connectivity index (χ1) is 8.17. The highest BCUT2D eigenvalue weighted by atomic mass is 28.4. The van der Waals surface area contributed by atoms with Crippen LogP contribution in [0.2, 0.25) is 6.04 Å². The molecule has 0 aliphatic heterocycles. The van der Waals surface area contributed by atoms with Gasteiger partial charge in [-0.3, -0.25) is 0 Å². The van der Waals surface area contributed by atoms with E-state index >= 15 is 0 Å². The van der Waals surface area contributed by atoms with Crippen LogP contribution in [0.4, 0.5) is 0 Å². The van der Waals surface area contributed by atoms with E-state index in [0.29, 0.717) is 0 Å². The van der Waals surface area contributed by atoms with Crippen molar-refractivity contribution in [2.24, 2.45) is 0 Å². The quantitative estimate of drug-likeness (QED) is 0.761. The van der Waals surface area contributed by atoms with E-state index in [0.717, 1.165) is 11.8 Å². The molecular weight excluding hydrogens is 236 g/mol. The van der Waals surface area contributed by atoms with Gasteiger partial charge in [0.2, 0.25) is 0 Å². The lowest BCUT2D eigenvalue weighted by Gasteiger charge is -2.22. The molecule has 1 rings (SSSR count). The number of rotatable bonds is 5. The van der Waals surface area contributed by atoms with Crippen LogP contribution in [0.5, 0.6) is 5.75 Å². The average molecular weight is 258 g/mol. The molecule has 0 N–H and O–H groups in total. The maximum absolute atomic E-state index is 5.08. The van der Waals surface area contributed by atoms with Gasteiger partial charge < -0.3 is 18.0 Å². The Morgan fingerprint density at radius 3 is 1.53 bits per heavy atom. The predicted molar refractivity (Wildman–Crippen MR) is 70.3 cm³/mol. The van der Waals surface area contributed by atoms with Crippen molar-refractivity contribution < 1.29 is 18.0 Å². The Morgan fingerprint density at radius 2 is 1.35 bits per heavy atom. The Labute approximate surface area is 105 Å². The Morgan fingerprint density at radius 1 is 0.882 bits per heavy atom. The molecule has 0 heterocycles. The summed E-state index contributed by atoms with van der Waals surface area (Å²) in [6.45, 7) is 1.99. The van der Waals surface area contributed by atoms with Gasteiger partial charge in [0.15, 0.2) is 0 Å². The van der Waals surface area contributed by atoms with Crippen molar-refractivity contribution in [2.75, 3.05) is 28.4 Å². The third kappa shape index (κ3) is 5.83. The van der Waals surface area contributed by atoms with Crippen molar-refractivity contribution in [3.05, 3.63) is 30.3 Å². The molecule has 98 valence electrons. The van der Waals surface area contributed by atoms with Crippen LogP contribution in [0, 0.1) is 0 Å². The van der Waals surface area contributed by atoms with E-state index in [1.165, 1.54) is 0 Å². The third-order valence-corrected chi connectivity index (χ3v) is 5.08. The molecule has 0 atom stereocenters. The summed E-state index contributed by atoms with van der Waals surface area (Å²) in [6.07, 6.45) is 0. The molecule has 1 aromatic rings. The van der Waals surface area contributed by atoms with Crippen LogP contribution >= 0.6 is 0 Å². The topological polar surface area (TPSA) is 36.9 Å². The molecule has 0 aliphatic carbocycles. The van der Waals surface area contributed by atoms with E-state index in [2.05, 4.69) is 0 Å². The molecule has 0 amide bonds. The van der Waals surface area contributed by atoms with Crippen LogP contribution in [0.3, 0.4) is 0 Å². The largest absolute Gasteiger partial charge is 0.499 e. The molecule has 0 aromatic heterocycles. The van der Waals surface area contributed by atoms with E-state index in [4.69, 9.17) is 18.0 Å². The van der Waals surface area contributed by atoms with Crippen molar-refractivity contribution >= 4 is 8.80 Å². The Bertz CT molecular complexity index is 258. The molecule has 0 spiro atoms. The summed E-state index contributed by atoms with van der Waals surface area (Å²) in [5, 5.41) is 0. The van der Waals surface area contributed by atoms with Crippen LogP contribution < -0.4 is 4.74 Å². The Hall–Kier alpha value is -0.883. The average Bonchev–Trinajstić information content (AvgIpc) is 2.44. The summed E-state index contributed by atoms with van der Waals surface area (Å²) in [6, 6.07) is 10.5. The first kappa shape index (κ1) is 16.1. The van der Waals surface area contributed by atoms with Crippen LogP contribution in [-0.2, 0) is 13.3 Å². The minimum absolute atomic E-state index is 0.816. The molecule has 1 aromatic carbocycles. The number of methoxy groups -OCH3 is 1. The molecule has 0 radical (unpaired) electrons. The molecule has 0 bridgehead atoms. The summed E-state index contributed by atoms with van der Waals surface area (Å²) >= 11 is 0. The highest BCUT2D eigenvalue weighted by Gasteiger charge is 2.34. The van der Waals surface area contributed by atoms with Gasteiger partial charge >= 0.3 is 8.80 Å². The molecule has 17 heavy (non-hydrogen) atoms.